The van der Waals surface area contributed by atoms with Crippen LogP contribution in [-0.4, -0.2) is 60.6 Å². The lowest BCUT2D eigenvalue weighted by Crippen LogP contribution is -2.59. The molecule has 9 heteroatoms. The van der Waals surface area contributed by atoms with E-state index in [-0.39, 0.29) is 11.8 Å². The molecular formula is C17H22N4O4S. The second-order valence-corrected chi connectivity index (χ2v) is 6.96. The van der Waals surface area contributed by atoms with Crippen LogP contribution in [0.15, 0.2) is 34.4 Å². The first-order chi connectivity index (χ1) is 12.6. The van der Waals surface area contributed by atoms with E-state index < -0.39 is 5.54 Å². The molecular weight excluding hydrogens is 356 g/mol. The van der Waals surface area contributed by atoms with Crippen LogP contribution in [-0.2, 0) is 9.53 Å². The zero-order chi connectivity index (χ0) is 18.4. The molecule has 0 aromatic carbocycles. The number of amides is 2. The van der Waals surface area contributed by atoms with Crippen LogP contribution in [0.25, 0.3) is 0 Å². The molecule has 2 amide bonds. The SMILES string of the molecule is COCCNC(=O)C1(Nc2nccs2)CCN(C(=O)c2ccco2)CC1. The Balaban J connectivity index is 1.69. The molecule has 0 unspecified atom stereocenters. The van der Waals surface area contributed by atoms with Crippen LogP contribution in [0.5, 0.6) is 0 Å². The van der Waals surface area contributed by atoms with Gasteiger partial charge in [0.25, 0.3) is 5.91 Å². The predicted octanol–water partition coefficient (Wildman–Crippen LogP) is 1.59. The highest BCUT2D eigenvalue weighted by atomic mass is 32.1. The zero-order valence-corrected chi connectivity index (χ0v) is 15.4. The average Bonchev–Trinajstić information content (AvgIpc) is 3.36. The number of aromatic nitrogens is 1. The molecule has 3 rings (SSSR count). The highest BCUT2D eigenvalue weighted by Crippen LogP contribution is 2.29. The summed E-state index contributed by atoms with van der Waals surface area (Å²) in [5, 5.41) is 8.74. The molecule has 0 spiro atoms. The normalized spacial score (nSPS) is 16.3. The van der Waals surface area contributed by atoms with Gasteiger partial charge in [-0.05, 0) is 25.0 Å². The Hall–Kier alpha value is -2.39. The van der Waals surface area contributed by atoms with Gasteiger partial charge in [0.1, 0.15) is 5.54 Å². The maximum absolute atomic E-state index is 12.9. The summed E-state index contributed by atoms with van der Waals surface area (Å²) in [4.78, 5) is 31.3. The maximum Gasteiger partial charge on any atom is 0.289 e. The number of rotatable bonds is 7. The number of likely N-dealkylation sites (tertiary alicyclic amines) is 1. The summed E-state index contributed by atoms with van der Waals surface area (Å²) in [5.41, 5.74) is -0.800. The number of anilines is 1. The van der Waals surface area contributed by atoms with E-state index in [0.717, 1.165) is 0 Å². The molecule has 2 aromatic rings. The van der Waals surface area contributed by atoms with Gasteiger partial charge in [0, 0.05) is 38.3 Å². The van der Waals surface area contributed by atoms with E-state index in [1.807, 2.05) is 5.38 Å². The van der Waals surface area contributed by atoms with Crippen LogP contribution >= 0.6 is 11.3 Å². The molecule has 0 radical (unpaired) electrons. The fourth-order valence-electron chi connectivity index (χ4n) is 2.98. The summed E-state index contributed by atoms with van der Waals surface area (Å²) < 4.78 is 10.2. The van der Waals surface area contributed by atoms with Gasteiger partial charge in [-0.15, -0.1) is 11.3 Å². The number of ether oxygens (including phenoxy) is 1. The smallest absolute Gasteiger partial charge is 0.289 e. The number of methoxy groups -OCH3 is 1. The van der Waals surface area contributed by atoms with E-state index in [2.05, 4.69) is 15.6 Å². The predicted molar refractivity (Wildman–Crippen MR) is 97.2 cm³/mol. The van der Waals surface area contributed by atoms with Gasteiger partial charge in [-0.25, -0.2) is 4.98 Å². The van der Waals surface area contributed by atoms with Crippen LogP contribution in [0.2, 0.25) is 0 Å². The Kier molecular flexibility index (Phi) is 5.89. The van der Waals surface area contributed by atoms with Crippen LogP contribution in [0.4, 0.5) is 5.13 Å². The molecule has 1 aliphatic rings. The van der Waals surface area contributed by atoms with E-state index in [1.54, 1.807) is 30.3 Å². The Morgan fingerprint density at radius 3 is 2.85 bits per heavy atom. The van der Waals surface area contributed by atoms with Gasteiger partial charge in [0.05, 0.1) is 12.9 Å². The van der Waals surface area contributed by atoms with Crippen LogP contribution < -0.4 is 10.6 Å². The number of carbonyl (C=O) groups is 2. The van der Waals surface area contributed by atoms with Crippen LogP contribution in [0.3, 0.4) is 0 Å². The minimum Gasteiger partial charge on any atom is -0.459 e. The van der Waals surface area contributed by atoms with Crippen molar-refractivity contribution in [3.8, 4) is 0 Å². The molecule has 2 N–H and O–H groups in total. The second kappa shape index (κ2) is 8.33. The van der Waals surface area contributed by atoms with E-state index in [4.69, 9.17) is 9.15 Å². The largest absolute Gasteiger partial charge is 0.459 e. The number of piperidine rings is 1. The van der Waals surface area contributed by atoms with Crippen molar-refractivity contribution in [3.63, 3.8) is 0 Å². The number of nitrogens with zero attached hydrogens (tertiary/aromatic N) is 2. The summed E-state index contributed by atoms with van der Waals surface area (Å²) in [7, 11) is 1.59. The summed E-state index contributed by atoms with van der Waals surface area (Å²) in [5.74, 6) is 0.0578. The molecule has 1 fully saturated rings. The lowest BCUT2D eigenvalue weighted by Gasteiger charge is -2.40. The first-order valence-electron chi connectivity index (χ1n) is 8.42. The molecule has 0 saturated carbocycles. The third kappa shape index (κ3) is 4.05. The molecule has 0 atom stereocenters. The number of nitrogens with one attached hydrogen (secondary N) is 2. The van der Waals surface area contributed by atoms with Crippen molar-refractivity contribution < 1.29 is 18.7 Å². The fourth-order valence-corrected chi connectivity index (χ4v) is 3.61. The van der Waals surface area contributed by atoms with Crippen molar-refractivity contribution in [2.24, 2.45) is 0 Å². The average molecular weight is 378 g/mol. The van der Waals surface area contributed by atoms with Gasteiger partial charge < -0.3 is 24.7 Å². The lowest BCUT2D eigenvalue weighted by atomic mass is 9.86. The first kappa shape index (κ1) is 18.4. The summed E-state index contributed by atoms with van der Waals surface area (Å²) in [6, 6.07) is 3.34. The molecule has 1 aliphatic heterocycles. The van der Waals surface area contributed by atoms with Crippen molar-refractivity contribution >= 4 is 28.3 Å². The standard InChI is InChI=1S/C17H22N4O4S/c1-24-11-6-18-15(23)17(20-16-19-7-12-26-16)4-8-21(9-5-17)14(22)13-3-2-10-25-13/h2-3,7,10,12H,4-6,8-9,11H2,1H3,(H,18,23)(H,19,20). The van der Waals surface area contributed by atoms with E-state index in [1.165, 1.54) is 17.6 Å². The highest BCUT2D eigenvalue weighted by Gasteiger charge is 2.43. The van der Waals surface area contributed by atoms with E-state index in [9.17, 15) is 9.59 Å². The van der Waals surface area contributed by atoms with Gasteiger partial charge in [0.2, 0.25) is 5.91 Å². The molecule has 8 nitrogen and oxygen atoms in total. The Bertz CT molecular complexity index is 709. The highest BCUT2D eigenvalue weighted by molar-refractivity contribution is 7.13. The monoisotopic (exact) mass is 378 g/mol. The van der Waals surface area contributed by atoms with Gasteiger partial charge in [-0.2, -0.15) is 0 Å². The number of hydrogen-bond acceptors (Lipinski definition) is 7. The van der Waals surface area contributed by atoms with Gasteiger partial charge >= 0.3 is 0 Å². The molecule has 3 heterocycles. The minimum absolute atomic E-state index is 0.102. The number of furan rings is 1. The quantitative estimate of drug-likeness (QED) is 0.710. The Morgan fingerprint density at radius 2 is 2.23 bits per heavy atom. The van der Waals surface area contributed by atoms with Crippen molar-refractivity contribution in [1.29, 1.82) is 0 Å². The third-order valence-corrected chi connectivity index (χ3v) is 5.13. The third-order valence-electron chi connectivity index (χ3n) is 4.44. The van der Waals surface area contributed by atoms with Crippen LogP contribution in [0.1, 0.15) is 23.4 Å². The van der Waals surface area contributed by atoms with E-state index >= 15 is 0 Å². The lowest BCUT2D eigenvalue weighted by molar-refractivity contribution is -0.127. The van der Waals surface area contributed by atoms with E-state index in [0.29, 0.717) is 50.0 Å². The Labute approximate surface area is 155 Å². The van der Waals surface area contributed by atoms with Gasteiger partial charge in [-0.3, -0.25) is 9.59 Å². The second-order valence-electron chi connectivity index (χ2n) is 6.06. The van der Waals surface area contributed by atoms with Crippen LogP contribution in [0, 0.1) is 0 Å². The number of thiazole rings is 1. The molecule has 140 valence electrons. The minimum atomic E-state index is -0.800. The molecule has 2 aromatic heterocycles. The van der Waals surface area contributed by atoms with Crippen molar-refractivity contribution in [1.82, 2.24) is 15.2 Å². The zero-order valence-electron chi connectivity index (χ0n) is 14.6. The maximum atomic E-state index is 12.9. The molecule has 0 aliphatic carbocycles. The van der Waals surface area contributed by atoms with Gasteiger partial charge in [0.15, 0.2) is 10.9 Å². The summed E-state index contributed by atoms with van der Waals surface area (Å²) in [6.07, 6.45) is 4.14. The van der Waals surface area contributed by atoms with Crippen molar-refractivity contribution in [3.05, 3.63) is 35.7 Å². The summed E-state index contributed by atoms with van der Waals surface area (Å²) >= 11 is 1.44. The molecule has 26 heavy (non-hydrogen) atoms. The topological polar surface area (TPSA) is 96.7 Å². The molecule has 1 saturated heterocycles. The van der Waals surface area contributed by atoms with Gasteiger partial charge in [-0.1, -0.05) is 0 Å². The van der Waals surface area contributed by atoms with Crippen molar-refractivity contribution in [2.45, 2.75) is 18.4 Å². The molecule has 0 bridgehead atoms. The fraction of sp³-hybridized carbons (Fsp3) is 0.471. The van der Waals surface area contributed by atoms with Crippen molar-refractivity contribution in [2.75, 3.05) is 38.7 Å². The first-order valence-corrected chi connectivity index (χ1v) is 9.30. The summed E-state index contributed by atoms with van der Waals surface area (Å²) in [6.45, 7) is 1.79. The Morgan fingerprint density at radius 1 is 1.42 bits per heavy atom. The number of hydrogen-bond donors (Lipinski definition) is 2. The number of carbonyl (C=O) groups excluding carboxylic acids is 2.